The second kappa shape index (κ2) is 5.14. The molecule has 0 spiro atoms. The van der Waals surface area contributed by atoms with Gasteiger partial charge in [-0.25, -0.2) is 4.79 Å². The monoisotopic (exact) mass is 346 g/mol. The Morgan fingerprint density at radius 3 is 2.04 bits per heavy atom. The van der Waals surface area contributed by atoms with E-state index in [0.717, 1.165) is 27.7 Å². The van der Waals surface area contributed by atoms with Crippen LogP contribution in [0.2, 0.25) is 0 Å². The Morgan fingerprint density at radius 2 is 1.70 bits per heavy atom. The number of halogens is 5. The van der Waals surface area contributed by atoms with E-state index in [0.29, 0.717) is 6.92 Å². The quantitative estimate of drug-likeness (QED) is 0.474. The van der Waals surface area contributed by atoms with Crippen LogP contribution in [0.15, 0.2) is 12.2 Å². The molecule has 0 radical (unpaired) electrons. The molecule has 4 nitrogen and oxygen atoms in total. The first-order valence-electron chi connectivity index (χ1n) is 6.69. The predicted molar refractivity (Wildman–Crippen MR) is 69.6 cm³/mol. The molecule has 0 saturated carbocycles. The molecule has 1 aliphatic heterocycles. The molecule has 1 fully saturated rings. The van der Waals surface area contributed by atoms with Crippen molar-refractivity contribution in [3.05, 3.63) is 12.2 Å². The van der Waals surface area contributed by atoms with E-state index in [1.54, 1.807) is 0 Å². The zero-order valence-corrected chi connectivity index (χ0v) is 13.3. The summed E-state index contributed by atoms with van der Waals surface area (Å²) in [5.74, 6) is -11.1. The van der Waals surface area contributed by atoms with Gasteiger partial charge in [-0.2, -0.15) is 22.0 Å². The van der Waals surface area contributed by atoms with Gasteiger partial charge >= 0.3 is 23.9 Å². The van der Waals surface area contributed by atoms with E-state index in [4.69, 9.17) is 4.74 Å². The van der Waals surface area contributed by atoms with Crippen molar-refractivity contribution in [2.45, 2.75) is 64.2 Å². The van der Waals surface area contributed by atoms with E-state index in [1.807, 2.05) is 0 Å². The molecule has 1 saturated heterocycles. The zero-order valence-electron chi connectivity index (χ0n) is 13.3. The molecule has 3 atom stereocenters. The minimum atomic E-state index is -5.81. The Hall–Kier alpha value is -1.22. The molecule has 1 aliphatic rings. The molecule has 1 rings (SSSR count). The third-order valence-electron chi connectivity index (χ3n) is 4.65. The standard InChI is InChI=1S/C14H19F5O4/c1-7(2)9(20)23-11(6)10(4,5)8(3)22-13(21,12(11,15)16)14(17,18)19/h8,21H,1H2,2-6H3. The lowest BCUT2D eigenvalue weighted by atomic mass is 9.64. The number of carbonyl (C=O) groups is 1. The first-order valence-corrected chi connectivity index (χ1v) is 6.69. The molecule has 9 heteroatoms. The van der Waals surface area contributed by atoms with Gasteiger partial charge in [-0.15, -0.1) is 0 Å². The lowest BCUT2D eigenvalue weighted by Crippen LogP contribution is -2.79. The number of carbonyl (C=O) groups excluding carboxylic acids is 1. The maximum atomic E-state index is 14.7. The molecule has 1 N–H and O–H groups in total. The molecular weight excluding hydrogens is 327 g/mol. The van der Waals surface area contributed by atoms with Crippen LogP contribution in [-0.4, -0.2) is 40.7 Å². The first-order chi connectivity index (χ1) is 9.96. The fraction of sp³-hybridized carbons (Fsp3) is 0.786. The Balaban J connectivity index is 3.60. The SMILES string of the molecule is C=C(C)C(=O)OC1(C)C(C)(C)C(C)OC(O)(C(F)(F)F)C1(F)F. The Labute approximate surface area is 130 Å². The van der Waals surface area contributed by atoms with E-state index in [2.05, 4.69) is 11.3 Å². The largest absolute Gasteiger partial charge is 0.449 e. The van der Waals surface area contributed by atoms with Gasteiger partial charge in [0.2, 0.25) is 0 Å². The van der Waals surface area contributed by atoms with Gasteiger partial charge in [0.1, 0.15) is 0 Å². The minimum Gasteiger partial charge on any atom is -0.449 e. The van der Waals surface area contributed by atoms with Gasteiger partial charge in [-0.1, -0.05) is 20.4 Å². The zero-order chi connectivity index (χ0) is 18.6. The van der Waals surface area contributed by atoms with Crippen LogP contribution in [0.25, 0.3) is 0 Å². The Morgan fingerprint density at radius 1 is 1.26 bits per heavy atom. The van der Waals surface area contributed by atoms with Crippen LogP contribution in [0.1, 0.15) is 34.6 Å². The topological polar surface area (TPSA) is 55.8 Å². The van der Waals surface area contributed by atoms with Crippen molar-refractivity contribution in [1.29, 1.82) is 0 Å². The molecule has 0 aromatic rings. The summed E-state index contributed by atoms with van der Waals surface area (Å²) >= 11 is 0. The first kappa shape index (κ1) is 19.8. The van der Waals surface area contributed by atoms with Crippen molar-refractivity contribution >= 4 is 5.97 Å². The number of aliphatic hydroxyl groups is 1. The molecule has 3 unspecified atom stereocenters. The van der Waals surface area contributed by atoms with Gasteiger partial charge in [0.05, 0.1) is 6.10 Å². The summed E-state index contributed by atoms with van der Waals surface area (Å²) in [5.41, 5.74) is -5.02. The van der Waals surface area contributed by atoms with Crippen molar-refractivity contribution in [3.63, 3.8) is 0 Å². The van der Waals surface area contributed by atoms with Gasteiger partial charge in [-0.3, -0.25) is 0 Å². The summed E-state index contributed by atoms with van der Waals surface area (Å²) in [5, 5.41) is 9.61. The summed E-state index contributed by atoms with van der Waals surface area (Å²) < 4.78 is 77.6. The highest BCUT2D eigenvalue weighted by Crippen LogP contribution is 2.61. The molecule has 0 aliphatic carbocycles. The number of ether oxygens (including phenoxy) is 2. The van der Waals surface area contributed by atoms with Crippen LogP contribution in [0.4, 0.5) is 22.0 Å². The molecule has 0 aromatic heterocycles. The summed E-state index contributed by atoms with van der Waals surface area (Å²) in [4.78, 5) is 11.7. The maximum absolute atomic E-state index is 14.7. The van der Waals surface area contributed by atoms with Crippen molar-refractivity contribution in [2.24, 2.45) is 5.41 Å². The van der Waals surface area contributed by atoms with E-state index in [1.165, 1.54) is 0 Å². The van der Waals surface area contributed by atoms with Crippen LogP contribution < -0.4 is 0 Å². The van der Waals surface area contributed by atoms with Gasteiger partial charge in [0.25, 0.3) is 0 Å². The highest BCUT2D eigenvalue weighted by molar-refractivity contribution is 5.87. The third-order valence-corrected chi connectivity index (χ3v) is 4.65. The molecule has 0 amide bonds. The smallest absolute Gasteiger partial charge is 0.449 e. The molecule has 0 bridgehead atoms. The van der Waals surface area contributed by atoms with Crippen molar-refractivity contribution < 1.29 is 41.3 Å². The van der Waals surface area contributed by atoms with Crippen LogP contribution in [0.5, 0.6) is 0 Å². The fourth-order valence-corrected chi connectivity index (χ4v) is 2.31. The maximum Gasteiger partial charge on any atom is 0.449 e. The Kier molecular flexibility index (Phi) is 4.43. The second-order valence-corrected chi connectivity index (χ2v) is 6.40. The molecule has 134 valence electrons. The average Bonchev–Trinajstić information content (AvgIpc) is 2.34. The molecular formula is C14H19F5O4. The van der Waals surface area contributed by atoms with E-state index in [-0.39, 0.29) is 5.57 Å². The summed E-state index contributed by atoms with van der Waals surface area (Å²) in [6.07, 6.45) is -7.31. The molecule has 23 heavy (non-hydrogen) atoms. The summed E-state index contributed by atoms with van der Waals surface area (Å²) in [7, 11) is 0. The average molecular weight is 346 g/mol. The summed E-state index contributed by atoms with van der Waals surface area (Å²) in [6, 6.07) is 0. The number of alkyl halides is 5. The normalized spacial score (nSPS) is 36.4. The van der Waals surface area contributed by atoms with Gasteiger partial charge < -0.3 is 14.6 Å². The number of hydrogen-bond acceptors (Lipinski definition) is 4. The number of esters is 1. The fourth-order valence-electron chi connectivity index (χ4n) is 2.31. The second-order valence-electron chi connectivity index (χ2n) is 6.40. The number of rotatable bonds is 2. The van der Waals surface area contributed by atoms with Crippen LogP contribution in [0.3, 0.4) is 0 Å². The van der Waals surface area contributed by atoms with E-state index < -0.39 is 41.0 Å². The van der Waals surface area contributed by atoms with Gasteiger partial charge in [0, 0.05) is 11.0 Å². The minimum absolute atomic E-state index is 0.271. The molecule has 0 aromatic carbocycles. The lowest BCUT2D eigenvalue weighted by molar-refractivity contribution is -0.498. The van der Waals surface area contributed by atoms with Crippen LogP contribution >= 0.6 is 0 Å². The van der Waals surface area contributed by atoms with E-state index >= 15 is 0 Å². The van der Waals surface area contributed by atoms with Crippen molar-refractivity contribution in [1.82, 2.24) is 0 Å². The van der Waals surface area contributed by atoms with Gasteiger partial charge in [0.15, 0.2) is 5.60 Å². The Bertz CT molecular complexity index is 528. The van der Waals surface area contributed by atoms with Crippen LogP contribution in [0, 0.1) is 5.41 Å². The third kappa shape index (κ3) is 2.44. The van der Waals surface area contributed by atoms with Crippen LogP contribution in [-0.2, 0) is 14.3 Å². The van der Waals surface area contributed by atoms with Crippen molar-refractivity contribution in [3.8, 4) is 0 Å². The lowest BCUT2D eigenvalue weighted by Gasteiger charge is -2.58. The number of hydrogen-bond donors (Lipinski definition) is 1. The van der Waals surface area contributed by atoms with Crippen molar-refractivity contribution in [2.75, 3.05) is 0 Å². The van der Waals surface area contributed by atoms with Gasteiger partial charge in [-0.05, 0) is 20.8 Å². The predicted octanol–water partition coefficient (Wildman–Crippen LogP) is 3.20. The van der Waals surface area contributed by atoms with E-state index in [9.17, 15) is 31.9 Å². The highest BCUT2D eigenvalue weighted by atomic mass is 19.4. The highest BCUT2D eigenvalue weighted by Gasteiger charge is 2.84. The molecule has 1 heterocycles. The summed E-state index contributed by atoms with van der Waals surface area (Å²) in [6.45, 7) is 8.42.